The molecule has 11 heavy (non-hydrogen) atoms. The van der Waals surface area contributed by atoms with Crippen LogP contribution in [-0.2, 0) is 4.74 Å². The summed E-state index contributed by atoms with van der Waals surface area (Å²) in [4.78, 5) is 0. The van der Waals surface area contributed by atoms with Crippen LogP contribution in [0.5, 0.6) is 0 Å². The highest BCUT2D eigenvalue weighted by molar-refractivity contribution is 5.15. The van der Waals surface area contributed by atoms with Crippen LogP contribution in [0.2, 0.25) is 0 Å². The van der Waals surface area contributed by atoms with Gasteiger partial charge in [-0.25, -0.2) is 0 Å². The van der Waals surface area contributed by atoms with E-state index in [2.05, 4.69) is 33.9 Å². The molecular weight excluding hydrogens is 136 g/mol. The number of ether oxygens (including phenoxy) is 1. The van der Waals surface area contributed by atoms with Crippen LogP contribution in [0, 0.1) is 5.41 Å². The van der Waals surface area contributed by atoms with Crippen LogP contribution < -0.4 is 0 Å². The van der Waals surface area contributed by atoms with Crippen LogP contribution in [0.3, 0.4) is 0 Å². The first kappa shape index (κ1) is 10.4. The molecule has 0 unspecified atom stereocenters. The van der Waals surface area contributed by atoms with E-state index in [4.69, 9.17) is 4.74 Å². The molecule has 0 saturated carbocycles. The Morgan fingerprint density at radius 2 is 1.45 bits per heavy atom. The van der Waals surface area contributed by atoms with E-state index in [-0.39, 0.29) is 5.41 Å². The van der Waals surface area contributed by atoms with Crippen molar-refractivity contribution in [3.8, 4) is 0 Å². The van der Waals surface area contributed by atoms with Gasteiger partial charge < -0.3 is 4.74 Å². The van der Waals surface area contributed by atoms with Gasteiger partial charge in [-0.1, -0.05) is 46.1 Å². The number of methoxy groups -OCH3 is 1. The summed E-state index contributed by atoms with van der Waals surface area (Å²) in [6, 6.07) is 0. The predicted molar refractivity (Wildman–Crippen MR) is 49.6 cm³/mol. The lowest BCUT2D eigenvalue weighted by molar-refractivity contribution is -0.0126. The van der Waals surface area contributed by atoms with Crippen molar-refractivity contribution in [2.24, 2.45) is 5.41 Å². The molecule has 0 atom stereocenters. The van der Waals surface area contributed by atoms with Crippen molar-refractivity contribution in [2.45, 2.75) is 26.4 Å². The highest BCUT2D eigenvalue weighted by atomic mass is 16.5. The molecule has 0 saturated heterocycles. The van der Waals surface area contributed by atoms with Gasteiger partial charge in [0.15, 0.2) is 0 Å². The minimum Gasteiger partial charge on any atom is -0.370 e. The predicted octanol–water partition coefficient (Wildman–Crippen LogP) is 2.79. The number of rotatable bonds is 3. The van der Waals surface area contributed by atoms with E-state index in [9.17, 15) is 0 Å². The smallest absolute Gasteiger partial charge is 0.108 e. The molecular formula is C10H18O. The van der Waals surface area contributed by atoms with Crippen LogP contribution >= 0.6 is 0 Å². The molecule has 0 heterocycles. The molecule has 0 amide bonds. The van der Waals surface area contributed by atoms with E-state index >= 15 is 0 Å². The molecule has 0 aliphatic heterocycles. The van der Waals surface area contributed by atoms with Gasteiger partial charge in [-0.05, 0) is 5.41 Å². The van der Waals surface area contributed by atoms with Gasteiger partial charge in [0.05, 0.1) is 0 Å². The molecule has 0 aromatic carbocycles. The van der Waals surface area contributed by atoms with E-state index < -0.39 is 5.60 Å². The average Bonchev–Trinajstić information content (AvgIpc) is 1.90. The Morgan fingerprint density at radius 1 is 1.09 bits per heavy atom. The lowest BCUT2D eigenvalue weighted by Crippen LogP contribution is -2.40. The average molecular weight is 154 g/mol. The largest absolute Gasteiger partial charge is 0.370 e. The van der Waals surface area contributed by atoms with Gasteiger partial charge in [0.1, 0.15) is 5.60 Å². The highest BCUT2D eigenvalue weighted by Gasteiger charge is 2.36. The summed E-state index contributed by atoms with van der Waals surface area (Å²) in [6.45, 7) is 13.8. The van der Waals surface area contributed by atoms with Gasteiger partial charge in [-0.3, -0.25) is 0 Å². The first-order chi connectivity index (χ1) is 4.93. The minimum absolute atomic E-state index is 0.00521. The van der Waals surface area contributed by atoms with Gasteiger partial charge in [0, 0.05) is 7.11 Å². The number of hydrogen-bond acceptors (Lipinski definition) is 1. The quantitative estimate of drug-likeness (QED) is 0.568. The third kappa shape index (κ3) is 1.72. The Labute approximate surface area is 69.8 Å². The van der Waals surface area contributed by atoms with E-state index in [1.165, 1.54) is 0 Å². The molecule has 0 N–H and O–H groups in total. The van der Waals surface area contributed by atoms with Crippen LogP contribution in [0.15, 0.2) is 25.3 Å². The molecule has 0 aliphatic carbocycles. The molecule has 0 bridgehead atoms. The van der Waals surface area contributed by atoms with Crippen molar-refractivity contribution in [2.75, 3.05) is 7.11 Å². The molecule has 1 heteroatoms. The maximum atomic E-state index is 5.36. The van der Waals surface area contributed by atoms with E-state index in [1.807, 2.05) is 0 Å². The topological polar surface area (TPSA) is 9.23 Å². The van der Waals surface area contributed by atoms with Crippen LogP contribution in [0.4, 0.5) is 0 Å². The second kappa shape index (κ2) is 3.22. The lowest BCUT2D eigenvalue weighted by Gasteiger charge is -2.38. The molecule has 0 aromatic heterocycles. The minimum atomic E-state index is -0.410. The normalized spacial score (nSPS) is 12.7. The molecule has 0 radical (unpaired) electrons. The molecule has 1 nitrogen and oxygen atoms in total. The summed E-state index contributed by atoms with van der Waals surface area (Å²) in [6.07, 6.45) is 3.58. The van der Waals surface area contributed by atoms with Gasteiger partial charge in [0.2, 0.25) is 0 Å². The van der Waals surface area contributed by atoms with Crippen molar-refractivity contribution in [3.63, 3.8) is 0 Å². The molecule has 0 spiro atoms. The molecule has 0 aliphatic rings. The third-order valence-electron chi connectivity index (χ3n) is 2.12. The zero-order chi connectivity index (χ0) is 9.12. The zero-order valence-electron chi connectivity index (χ0n) is 7.98. The first-order valence-electron chi connectivity index (χ1n) is 3.76. The molecule has 0 rings (SSSR count). The fourth-order valence-corrected chi connectivity index (χ4v) is 1.17. The van der Waals surface area contributed by atoms with E-state index in [1.54, 1.807) is 19.3 Å². The van der Waals surface area contributed by atoms with E-state index in [0.29, 0.717) is 0 Å². The SMILES string of the molecule is C=CC(C=C)(OC)C(C)(C)C. The maximum Gasteiger partial charge on any atom is 0.108 e. The standard InChI is InChI=1S/C10H18O/c1-7-10(8-2,11-6)9(3,4)5/h7-8H,1-2H2,3-6H3. The second-order valence-electron chi connectivity index (χ2n) is 3.66. The van der Waals surface area contributed by atoms with Crippen molar-refractivity contribution < 1.29 is 4.74 Å². The van der Waals surface area contributed by atoms with Crippen LogP contribution in [-0.4, -0.2) is 12.7 Å². The van der Waals surface area contributed by atoms with Gasteiger partial charge in [-0.2, -0.15) is 0 Å². The summed E-state index contributed by atoms with van der Waals surface area (Å²) in [7, 11) is 1.68. The Kier molecular flexibility index (Phi) is 3.06. The third-order valence-corrected chi connectivity index (χ3v) is 2.12. The van der Waals surface area contributed by atoms with Crippen molar-refractivity contribution in [3.05, 3.63) is 25.3 Å². The fourth-order valence-electron chi connectivity index (χ4n) is 1.17. The molecule has 64 valence electrons. The summed E-state index contributed by atoms with van der Waals surface area (Å²) >= 11 is 0. The van der Waals surface area contributed by atoms with Gasteiger partial charge in [0.25, 0.3) is 0 Å². The monoisotopic (exact) mass is 154 g/mol. The Bertz CT molecular complexity index is 143. The first-order valence-corrected chi connectivity index (χ1v) is 3.76. The Hall–Kier alpha value is -0.560. The Balaban J connectivity index is 4.83. The summed E-state index contributed by atoms with van der Waals surface area (Å²) in [5.74, 6) is 0. The summed E-state index contributed by atoms with van der Waals surface area (Å²) < 4.78 is 5.36. The summed E-state index contributed by atoms with van der Waals surface area (Å²) in [5.41, 5.74) is -0.405. The lowest BCUT2D eigenvalue weighted by atomic mass is 9.76. The van der Waals surface area contributed by atoms with Crippen LogP contribution in [0.1, 0.15) is 20.8 Å². The van der Waals surface area contributed by atoms with Crippen LogP contribution in [0.25, 0.3) is 0 Å². The van der Waals surface area contributed by atoms with Gasteiger partial charge in [-0.15, -0.1) is 0 Å². The fraction of sp³-hybridized carbons (Fsp3) is 0.600. The molecule has 0 fully saturated rings. The second-order valence-corrected chi connectivity index (χ2v) is 3.66. The van der Waals surface area contributed by atoms with Crippen molar-refractivity contribution in [1.29, 1.82) is 0 Å². The highest BCUT2D eigenvalue weighted by Crippen LogP contribution is 2.35. The molecule has 0 aromatic rings. The van der Waals surface area contributed by atoms with Gasteiger partial charge >= 0.3 is 0 Å². The Morgan fingerprint density at radius 3 is 1.45 bits per heavy atom. The zero-order valence-corrected chi connectivity index (χ0v) is 7.98. The maximum absolute atomic E-state index is 5.36. The number of hydrogen-bond donors (Lipinski definition) is 0. The summed E-state index contributed by atoms with van der Waals surface area (Å²) in [5, 5.41) is 0. The van der Waals surface area contributed by atoms with E-state index in [0.717, 1.165) is 0 Å². The van der Waals surface area contributed by atoms with Crippen molar-refractivity contribution >= 4 is 0 Å². The van der Waals surface area contributed by atoms with Crippen molar-refractivity contribution in [1.82, 2.24) is 0 Å².